The summed E-state index contributed by atoms with van der Waals surface area (Å²) in [5.74, 6) is -1.67. The van der Waals surface area contributed by atoms with Gasteiger partial charge >= 0.3 is 10.1 Å². The predicted molar refractivity (Wildman–Crippen MR) is 48.5 cm³/mol. The van der Waals surface area contributed by atoms with Crippen LogP contribution in [0.15, 0.2) is 18.2 Å². The van der Waals surface area contributed by atoms with Gasteiger partial charge in [-0.25, -0.2) is 4.39 Å². The van der Waals surface area contributed by atoms with Crippen molar-refractivity contribution in [2.45, 2.75) is 0 Å². The lowest BCUT2D eigenvalue weighted by Gasteiger charge is -2.02. The second-order valence-electron chi connectivity index (χ2n) is 2.66. The lowest BCUT2D eigenvalue weighted by Crippen LogP contribution is -2.07. The van der Waals surface area contributed by atoms with E-state index in [0.717, 1.165) is 18.4 Å². The number of benzene rings is 1. The van der Waals surface area contributed by atoms with Crippen molar-refractivity contribution in [1.29, 1.82) is 0 Å². The van der Waals surface area contributed by atoms with E-state index in [1.807, 2.05) is 0 Å². The largest absolute Gasteiger partial charge is 0.379 e. The van der Waals surface area contributed by atoms with Gasteiger partial charge in [-0.2, -0.15) is 8.42 Å². The standard InChI is InChI=1S/C7H6FNO5S/c1-15(12,13)14-7-3-2-5(9(10)11)4-6(7)8/h2-4H,1H3. The van der Waals surface area contributed by atoms with Crippen molar-refractivity contribution in [3.63, 3.8) is 0 Å². The molecule has 1 aromatic carbocycles. The lowest BCUT2D eigenvalue weighted by atomic mass is 10.3. The molecular weight excluding hydrogens is 229 g/mol. The molecule has 0 atom stereocenters. The minimum atomic E-state index is -3.84. The summed E-state index contributed by atoms with van der Waals surface area (Å²) < 4.78 is 38.6. The Balaban J connectivity index is 3.09. The van der Waals surface area contributed by atoms with Crippen molar-refractivity contribution in [3.05, 3.63) is 34.1 Å². The molecule has 82 valence electrons. The fourth-order valence-electron chi connectivity index (χ4n) is 0.834. The lowest BCUT2D eigenvalue weighted by molar-refractivity contribution is -0.385. The topological polar surface area (TPSA) is 86.5 Å². The number of rotatable bonds is 3. The Morgan fingerprint density at radius 3 is 2.47 bits per heavy atom. The highest BCUT2D eigenvalue weighted by Crippen LogP contribution is 2.23. The molecule has 0 saturated heterocycles. The minimum Gasteiger partial charge on any atom is -0.379 e. The Labute approximate surface area is 84.6 Å². The van der Waals surface area contributed by atoms with E-state index in [0.29, 0.717) is 6.07 Å². The molecule has 0 heterocycles. The first kappa shape index (κ1) is 11.4. The first-order valence-corrected chi connectivity index (χ1v) is 5.44. The van der Waals surface area contributed by atoms with Crippen LogP contribution in [0, 0.1) is 15.9 Å². The third kappa shape index (κ3) is 3.17. The molecule has 0 N–H and O–H groups in total. The van der Waals surface area contributed by atoms with Crippen LogP contribution in [0.3, 0.4) is 0 Å². The van der Waals surface area contributed by atoms with E-state index in [2.05, 4.69) is 4.18 Å². The van der Waals surface area contributed by atoms with Crippen molar-refractivity contribution >= 4 is 15.8 Å². The van der Waals surface area contributed by atoms with Crippen LogP contribution in [-0.2, 0) is 10.1 Å². The highest BCUT2D eigenvalue weighted by Gasteiger charge is 2.14. The van der Waals surface area contributed by atoms with Crippen molar-refractivity contribution in [3.8, 4) is 5.75 Å². The third-order valence-corrected chi connectivity index (χ3v) is 1.85. The molecule has 0 aliphatic heterocycles. The minimum absolute atomic E-state index is 0.478. The van der Waals surface area contributed by atoms with Gasteiger partial charge in [-0.3, -0.25) is 10.1 Å². The highest BCUT2D eigenvalue weighted by molar-refractivity contribution is 7.86. The average Bonchev–Trinajstić information content (AvgIpc) is 2.05. The van der Waals surface area contributed by atoms with E-state index in [9.17, 15) is 22.9 Å². The predicted octanol–water partition coefficient (Wildman–Crippen LogP) is 1.07. The smallest absolute Gasteiger partial charge is 0.306 e. The average molecular weight is 235 g/mol. The second-order valence-corrected chi connectivity index (χ2v) is 4.23. The summed E-state index contributed by atoms with van der Waals surface area (Å²) in [6, 6.07) is 2.42. The first-order chi connectivity index (χ1) is 6.79. The van der Waals surface area contributed by atoms with E-state index < -0.39 is 32.3 Å². The van der Waals surface area contributed by atoms with Crippen LogP contribution >= 0.6 is 0 Å². The molecular formula is C7H6FNO5S. The van der Waals surface area contributed by atoms with Crippen molar-refractivity contribution in [1.82, 2.24) is 0 Å². The molecule has 8 heteroatoms. The van der Waals surface area contributed by atoms with Gasteiger partial charge in [0.05, 0.1) is 17.2 Å². The molecule has 0 radical (unpaired) electrons. The Kier molecular flexibility index (Phi) is 2.89. The summed E-state index contributed by atoms with van der Waals surface area (Å²) in [5.41, 5.74) is -0.478. The molecule has 0 spiro atoms. The van der Waals surface area contributed by atoms with Crippen molar-refractivity contribution < 1.29 is 21.9 Å². The van der Waals surface area contributed by atoms with Gasteiger partial charge < -0.3 is 4.18 Å². The maximum atomic E-state index is 13.0. The molecule has 0 aromatic heterocycles. The second kappa shape index (κ2) is 3.81. The number of nitro groups is 1. The van der Waals surface area contributed by atoms with Crippen LogP contribution < -0.4 is 4.18 Å². The molecule has 1 rings (SSSR count). The number of nitro benzene ring substituents is 1. The fourth-order valence-corrected chi connectivity index (χ4v) is 1.30. The van der Waals surface area contributed by atoms with Crippen molar-refractivity contribution in [2.24, 2.45) is 0 Å². The molecule has 0 saturated carbocycles. The first-order valence-electron chi connectivity index (χ1n) is 3.63. The van der Waals surface area contributed by atoms with Crippen LogP contribution in [-0.4, -0.2) is 19.6 Å². The van der Waals surface area contributed by atoms with E-state index in [4.69, 9.17) is 0 Å². The highest BCUT2D eigenvalue weighted by atomic mass is 32.2. The summed E-state index contributed by atoms with van der Waals surface area (Å²) in [5, 5.41) is 10.2. The Morgan fingerprint density at radius 2 is 2.07 bits per heavy atom. The summed E-state index contributed by atoms with van der Waals surface area (Å²) in [6.45, 7) is 0. The Hall–Kier alpha value is -1.70. The van der Waals surface area contributed by atoms with Gasteiger partial charge in [-0.15, -0.1) is 0 Å². The number of hydrogen-bond donors (Lipinski definition) is 0. The van der Waals surface area contributed by atoms with Gasteiger partial charge in [0.1, 0.15) is 0 Å². The third-order valence-electron chi connectivity index (χ3n) is 1.37. The van der Waals surface area contributed by atoms with Crippen LogP contribution in [0.1, 0.15) is 0 Å². The summed E-state index contributed by atoms with van der Waals surface area (Å²) in [4.78, 5) is 9.43. The zero-order valence-corrected chi connectivity index (χ0v) is 8.32. The van der Waals surface area contributed by atoms with Gasteiger partial charge in [0.25, 0.3) is 5.69 Å². The molecule has 0 aliphatic carbocycles. The van der Waals surface area contributed by atoms with E-state index >= 15 is 0 Å². The van der Waals surface area contributed by atoms with Gasteiger partial charge in [0, 0.05) is 6.07 Å². The number of hydrogen-bond acceptors (Lipinski definition) is 5. The van der Waals surface area contributed by atoms with Gasteiger partial charge in [0.2, 0.25) is 0 Å². The molecule has 0 amide bonds. The molecule has 0 aliphatic rings. The molecule has 1 aromatic rings. The SMILES string of the molecule is CS(=O)(=O)Oc1ccc([N+](=O)[O-])cc1F. The van der Waals surface area contributed by atoms with E-state index in [1.165, 1.54) is 0 Å². The van der Waals surface area contributed by atoms with Crippen LogP contribution in [0.4, 0.5) is 10.1 Å². The van der Waals surface area contributed by atoms with Crippen LogP contribution in [0.25, 0.3) is 0 Å². The zero-order valence-electron chi connectivity index (χ0n) is 7.51. The van der Waals surface area contributed by atoms with Crippen molar-refractivity contribution in [2.75, 3.05) is 6.26 Å². The van der Waals surface area contributed by atoms with Crippen LogP contribution in [0.5, 0.6) is 5.75 Å². The van der Waals surface area contributed by atoms with Gasteiger partial charge in [0.15, 0.2) is 11.6 Å². The number of non-ortho nitro benzene ring substituents is 1. The maximum Gasteiger partial charge on any atom is 0.306 e. The van der Waals surface area contributed by atoms with Gasteiger partial charge in [-0.1, -0.05) is 0 Å². The number of halogens is 1. The molecule has 15 heavy (non-hydrogen) atoms. The fraction of sp³-hybridized carbons (Fsp3) is 0.143. The molecule has 0 bridgehead atoms. The Bertz CT molecular complexity index is 498. The quantitative estimate of drug-likeness (QED) is 0.444. The Morgan fingerprint density at radius 1 is 1.47 bits per heavy atom. The zero-order chi connectivity index (χ0) is 11.6. The molecule has 0 fully saturated rings. The molecule has 0 unspecified atom stereocenters. The summed E-state index contributed by atoms with van der Waals surface area (Å²) >= 11 is 0. The summed E-state index contributed by atoms with van der Waals surface area (Å²) in [7, 11) is -3.84. The van der Waals surface area contributed by atoms with Crippen LogP contribution in [0.2, 0.25) is 0 Å². The van der Waals surface area contributed by atoms with E-state index in [-0.39, 0.29) is 0 Å². The maximum absolute atomic E-state index is 13.0. The number of nitrogens with zero attached hydrogens (tertiary/aromatic N) is 1. The molecule has 6 nitrogen and oxygen atoms in total. The summed E-state index contributed by atoms with van der Waals surface area (Å²) in [6.07, 6.45) is 0.744. The van der Waals surface area contributed by atoms with E-state index in [1.54, 1.807) is 0 Å². The normalized spacial score (nSPS) is 11.1. The monoisotopic (exact) mass is 235 g/mol. The van der Waals surface area contributed by atoms with Gasteiger partial charge in [-0.05, 0) is 6.07 Å².